The van der Waals surface area contributed by atoms with Gasteiger partial charge >= 0.3 is 0 Å². The first kappa shape index (κ1) is 27.3. The normalized spacial score (nSPS) is 13.4. The van der Waals surface area contributed by atoms with E-state index in [2.05, 4.69) is 139 Å². The maximum absolute atomic E-state index is 5.22. The minimum Gasteiger partial charge on any atom is -0.308 e. The fourth-order valence-electron chi connectivity index (χ4n) is 7.18. The zero-order chi connectivity index (χ0) is 31.5. The smallest absolute Gasteiger partial charge is 0.238 e. The van der Waals surface area contributed by atoms with Gasteiger partial charge in [-0.1, -0.05) is 141 Å². The van der Waals surface area contributed by atoms with Crippen LogP contribution in [-0.2, 0) is 5.41 Å². The molecule has 1 aliphatic heterocycles. The highest BCUT2D eigenvalue weighted by molar-refractivity contribution is 6.15. The lowest BCUT2D eigenvalue weighted by Crippen LogP contribution is -2.31. The Morgan fingerprint density at radius 2 is 1.06 bits per heavy atom. The van der Waals surface area contributed by atoms with Crippen molar-refractivity contribution in [3.63, 3.8) is 0 Å². The van der Waals surface area contributed by atoms with Crippen molar-refractivity contribution < 1.29 is 0 Å². The van der Waals surface area contributed by atoms with E-state index >= 15 is 0 Å². The van der Waals surface area contributed by atoms with E-state index in [1.54, 1.807) is 0 Å². The second-order valence-corrected chi connectivity index (χ2v) is 12.5. The number of benzene rings is 6. The van der Waals surface area contributed by atoms with Gasteiger partial charge in [-0.15, -0.1) is 0 Å². The second kappa shape index (κ2) is 10.5. The van der Waals surface area contributed by atoms with Gasteiger partial charge in [-0.2, -0.15) is 9.97 Å². The van der Waals surface area contributed by atoms with Gasteiger partial charge in [0, 0.05) is 33.0 Å². The molecule has 0 saturated carbocycles. The lowest BCUT2D eigenvalue weighted by atomic mass is 9.73. The molecular formula is C42H31N5. The van der Waals surface area contributed by atoms with E-state index in [1.165, 1.54) is 16.8 Å². The van der Waals surface area contributed by atoms with Crippen LogP contribution in [0.3, 0.4) is 0 Å². The van der Waals surface area contributed by atoms with Crippen molar-refractivity contribution in [1.29, 1.82) is 0 Å². The second-order valence-electron chi connectivity index (χ2n) is 12.5. The van der Waals surface area contributed by atoms with Gasteiger partial charge in [0.05, 0.1) is 22.4 Å². The van der Waals surface area contributed by atoms with Crippen LogP contribution in [0.1, 0.15) is 25.0 Å². The number of nitrogens with zero attached hydrogens (tertiary/aromatic N) is 5. The predicted molar refractivity (Wildman–Crippen MR) is 192 cm³/mol. The summed E-state index contributed by atoms with van der Waals surface area (Å²) in [7, 11) is 0. The largest absolute Gasteiger partial charge is 0.308 e. The molecule has 2 aromatic heterocycles. The maximum atomic E-state index is 5.22. The minimum absolute atomic E-state index is 0.254. The molecule has 0 atom stereocenters. The third-order valence-electron chi connectivity index (χ3n) is 9.43. The highest BCUT2D eigenvalue weighted by Crippen LogP contribution is 2.55. The molecule has 8 aromatic rings. The third kappa shape index (κ3) is 4.20. The summed E-state index contributed by atoms with van der Waals surface area (Å²) >= 11 is 0. The SMILES string of the molecule is CC1(C)c2ccccc2N(c2ccccc2)c2c1ccc1c3ccccc3n(-c3nc(-c4ccccc4)nc(-c4ccccc4)n3)c21. The Morgan fingerprint density at radius 3 is 1.74 bits per heavy atom. The summed E-state index contributed by atoms with van der Waals surface area (Å²) in [6.45, 7) is 4.66. The molecule has 1 aliphatic rings. The zero-order valence-electron chi connectivity index (χ0n) is 26.2. The van der Waals surface area contributed by atoms with Crippen LogP contribution < -0.4 is 4.90 Å². The molecule has 3 heterocycles. The Balaban J connectivity index is 1.44. The van der Waals surface area contributed by atoms with Gasteiger partial charge in [-0.3, -0.25) is 4.57 Å². The van der Waals surface area contributed by atoms with Crippen LogP contribution in [0.5, 0.6) is 0 Å². The Bertz CT molecular complexity index is 2370. The van der Waals surface area contributed by atoms with Gasteiger partial charge < -0.3 is 4.90 Å². The summed E-state index contributed by atoms with van der Waals surface area (Å²) < 4.78 is 2.25. The van der Waals surface area contributed by atoms with Crippen LogP contribution in [0.4, 0.5) is 17.1 Å². The quantitative estimate of drug-likeness (QED) is 0.200. The average Bonchev–Trinajstić information content (AvgIpc) is 3.48. The summed E-state index contributed by atoms with van der Waals surface area (Å²) in [6, 6.07) is 53.0. The standard InChI is InChI=1S/C42H31N5/c1-42(2)33-23-13-15-25-36(33)46(30-20-10-5-11-21-30)38-34(42)27-26-32-31-22-12-14-24-35(31)47(37(32)38)41-44-39(28-16-6-3-7-17-28)43-40(45-41)29-18-8-4-9-19-29/h3-27H,1-2H3. The highest BCUT2D eigenvalue weighted by atomic mass is 15.2. The number of anilines is 3. The summed E-state index contributed by atoms with van der Waals surface area (Å²) in [6.07, 6.45) is 0. The third-order valence-corrected chi connectivity index (χ3v) is 9.43. The number of fused-ring (bicyclic) bond motifs is 6. The molecule has 0 saturated heterocycles. The van der Waals surface area contributed by atoms with E-state index in [4.69, 9.17) is 15.0 Å². The molecule has 224 valence electrons. The van der Waals surface area contributed by atoms with Crippen LogP contribution >= 0.6 is 0 Å². The average molecular weight is 606 g/mol. The Kier molecular flexibility index (Phi) is 6.09. The van der Waals surface area contributed by atoms with Crippen molar-refractivity contribution in [2.24, 2.45) is 0 Å². The monoisotopic (exact) mass is 605 g/mol. The Morgan fingerprint density at radius 1 is 0.489 bits per heavy atom. The van der Waals surface area contributed by atoms with Gasteiger partial charge in [0.15, 0.2) is 11.6 Å². The van der Waals surface area contributed by atoms with Gasteiger partial charge in [0.25, 0.3) is 0 Å². The van der Waals surface area contributed by atoms with Gasteiger partial charge in [-0.05, 0) is 35.4 Å². The first-order valence-electron chi connectivity index (χ1n) is 16.0. The van der Waals surface area contributed by atoms with Crippen LogP contribution in [0.2, 0.25) is 0 Å². The van der Waals surface area contributed by atoms with Crippen LogP contribution in [0.25, 0.3) is 50.5 Å². The molecule has 0 fully saturated rings. The van der Waals surface area contributed by atoms with Gasteiger partial charge in [-0.25, -0.2) is 4.98 Å². The molecule has 9 rings (SSSR count). The van der Waals surface area contributed by atoms with E-state index in [-0.39, 0.29) is 5.41 Å². The molecular weight excluding hydrogens is 574 g/mol. The number of hydrogen-bond acceptors (Lipinski definition) is 4. The summed E-state index contributed by atoms with van der Waals surface area (Å²) in [5.41, 5.74) is 9.69. The van der Waals surface area contributed by atoms with Crippen molar-refractivity contribution in [1.82, 2.24) is 19.5 Å². The van der Waals surface area contributed by atoms with Crippen LogP contribution in [0.15, 0.2) is 152 Å². The van der Waals surface area contributed by atoms with Crippen molar-refractivity contribution >= 4 is 38.9 Å². The summed E-state index contributed by atoms with van der Waals surface area (Å²) in [5.74, 6) is 1.86. The molecule has 0 spiro atoms. The number of aromatic nitrogens is 4. The lowest BCUT2D eigenvalue weighted by molar-refractivity contribution is 0.632. The predicted octanol–water partition coefficient (Wildman–Crippen LogP) is 10.4. The number of rotatable bonds is 4. The highest BCUT2D eigenvalue weighted by Gasteiger charge is 2.39. The molecule has 0 aliphatic carbocycles. The molecule has 0 bridgehead atoms. The van der Waals surface area contributed by atoms with E-state index < -0.39 is 0 Å². The zero-order valence-corrected chi connectivity index (χ0v) is 26.2. The fourth-order valence-corrected chi connectivity index (χ4v) is 7.18. The number of hydrogen-bond donors (Lipinski definition) is 0. The Labute approximate surface area is 273 Å². The minimum atomic E-state index is -0.254. The molecule has 0 amide bonds. The maximum Gasteiger partial charge on any atom is 0.238 e. The van der Waals surface area contributed by atoms with Crippen molar-refractivity contribution in [2.75, 3.05) is 4.90 Å². The lowest BCUT2D eigenvalue weighted by Gasteiger charge is -2.42. The molecule has 47 heavy (non-hydrogen) atoms. The molecule has 0 N–H and O–H groups in total. The van der Waals surface area contributed by atoms with Crippen LogP contribution in [-0.4, -0.2) is 19.5 Å². The van der Waals surface area contributed by atoms with Crippen LogP contribution in [0, 0.1) is 0 Å². The first-order chi connectivity index (χ1) is 23.1. The molecule has 0 unspecified atom stereocenters. The van der Waals surface area contributed by atoms with Gasteiger partial charge in [0.2, 0.25) is 5.95 Å². The topological polar surface area (TPSA) is 46.8 Å². The molecule has 6 aromatic carbocycles. The Hall–Kier alpha value is -6.07. The van der Waals surface area contributed by atoms with E-state index in [9.17, 15) is 0 Å². The van der Waals surface area contributed by atoms with Crippen molar-refractivity contribution in [2.45, 2.75) is 19.3 Å². The van der Waals surface area contributed by atoms with Crippen molar-refractivity contribution in [3.05, 3.63) is 163 Å². The van der Waals surface area contributed by atoms with E-state index in [1.807, 2.05) is 36.4 Å². The summed E-state index contributed by atoms with van der Waals surface area (Å²) in [4.78, 5) is 17.9. The van der Waals surface area contributed by atoms with Gasteiger partial charge in [0.1, 0.15) is 0 Å². The molecule has 5 nitrogen and oxygen atoms in total. The van der Waals surface area contributed by atoms with E-state index in [0.29, 0.717) is 17.6 Å². The molecule has 0 radical (unpaired) electrons. The first-order valence-corrected chi connectivity index (χ1v) is 16.0. The summed E-state index contributed by atoms with van der Waals surface area (Å²) in [5, 5.41) is 2.30. The van der Waals surface area contributed by atoms with Crippen molar-refractivity contribution in [3.8, 4) is 28.7 Å². The molecule has 5 heteroatoms. The number of para-hydroxylation sites is 3. The fraction of sp³-hybridized carbons (Fsp3) is 0.0714. The van der Waals surface area contributed by atoms with E-state index in [0.717, 1.165) is 44.3 Å².